The molecule has 3 heteroatoms. The van der Waals surface area contributed by atoms with Crippen molar-refractivity contribution >= 4 is 5.69 Å². The quantitative estimate of drug-likeness (QED) is 0.729. The van der Waals surface area contributed by atoms with Crippen molar-refractivity contribution in [1.29, 1.82) is 0 Å². The van der Waals surface area contributed by atoms with Crippen LogP contribution in [0.25, 0.3) is 0 Å². The van der Waals surface area contributed by atoms with Crippen molar-refractivity contribution in [2.45, 2.75) is 52.2 Å². The van der Waals surface area contributed by atoms with Crippen LogP contribution in [0, 0.1) is 0 Å². The average molecular weight is 250 g/mol. The number of rotatable bonds is 7. The minimum absolute atomic E-state index is 0.0877. The minimum atomic E-state index is -0.0877. The molecule has 0 unspecified atom stereocenters. The maximum Gasteiger partial charge on any atom is 0.142 e. The largest absolute Gasteiger partial charge is 0.489 e. The molecule has 0 aromatic heterocycles. The van der Waals surface area contributed by atoms with Crippen LogP contribution < -0.4 is 15.8 Å². The molecule has 0 aliphatic rings. The van der Waals surface area contributed by atoms with E-state index in [0.717, 1.165) is 30.8 Å². The van der Waals surface area contributed by atoms with Crippen LogP contribution in [0.15, 0.2) is 24.3 Å². The third-order valence-electron chi connectivity index (χ3n) is 2.56. The molecular formula is C15H26N2O. The first-order valence-electron chi connectivity index (χ1n) is 6.67. The molecule has 0 heterocycles. The van der Waals surface area contributed by atoms with Crippen molar-refractivity contribution in [2.75, 3.05) is 11.9 Å². The van der Waals surface area contributed by atoms with E-state index in [0.29, 0.717) is 0 Å². The molecule has 0 atom stereocenters. The fourth-order valence-corrected chi connectivity index (χ4v) is 1.74. The van der Waals surface area contributed by atoms with Crippen LogP contribution in [-0.4, -0.2) is 18.2 Å². The molecule has 0 aliphatic heterocycles. The van der Waals surface area contributed by atoms with Gasteiger partial charge in [-0.1, -0.05) is 12.1 Å². The Kier molecular flexibility index (Phi) is 5.48. The summed E-state index contributed by atoms with van der Waals surface area (Å²) < 4.78 is 5.76. The van der Waals surface area contributed by atoms with Crippen molar-refractivity contribution in [3.8, 4) is 5.75 Å². The molecule has 3 N–H and O–H groups in total. The maximum absolute atomic E-state index is 5.96. The molecule has 102 valence electrons. The second-order valence-electron chi connectivity index (χ2n) is 5.68. The lowest BCUT2D eigenvalue weighted by Gasteiger charge is -2.19. The molecule has 0 radical (unpaired) electrons. The Morgan fingerprint density at radius 2 is 1.94 bits per heavy atom. The lowest BCUT2D eigenvalue weighted by molar-refractivity contribution is 0.243. The molecule has 0 spiro atoms. The molecule has 18 heavy (non-hydrogen) atoms. The first-order chi connectivity index (χ1) is 8.38. The fraction of sp³-hybridized carbons (Fsp3) is 0.600. The van der Waals surface area contributed by atoms with E-state index >= 15 is 0 Å². The van der Waals surface area contributed by atoms with Crippen LogP contribution in [0.2, 0.25) is 0 Å². The van der Waals surface area contributed by atoms with Crippen LogP contribution in [-0.2, 0) is 0 Å². The second-order valence-corrected chi connectivity index (χ2v) is 5.68. The van der Waals surface area contributed by atoms with Crippen molar-refractivity contribution in [3.63, 3.8) is 0 Å². The summed E-state index contributed by atoms with van der Waals surface area (Å²) in [6.07, 6.45) is 2.25. The normalized spacial score (nSPS) is 11.7. The molecule has 1 rings (SSSR count). The summed E-state index contributed by atoms with van der Waals surface area (Å²) >= 11 is 0. The van der Waals surface area contributed by atoms with Crippen LogP contribution in [0.3, 0.4) is 0 Å². The summed E-state index contributed by atoms with van der Waals surface area (Å²) in [5.74, 6) is 0.916. The molecule has 0 fully saturated rings. The van der Waals surface area contributed by atoms with Gasteiger partial charge >= 0.3 is 0 Å². The fourth-order valence-electron chi connectivity index (χ4n) is 1.74. The van der Waals surface area contributed by atoms with Crippen LogP contribution in [0.1, 0.15) is 40.5 Å². The van der Waals surface area contributed by atoms with Crippen molar-refractivity contribution in [3.05, 3.63) is 24.3 Å². The van der Waals surface area contributed by atoms with Gasteiger partial charge in [0.15, 0.2) is 0 Å². The molecule has 0 bridgehead atoms. The van der Waals surface area contributed by atoms with E-state index in [1.807, 2.05) is 38.1 Å². The number of nitrogens with one attached hydrogen (secondary N) is 1. The van der Waals surface area contributed by atoms with Gasteiger partial charge in [-0.25, -0.2) is 0 Å². The Hall–Kier alpha value is -1.22. The van der Waals surface area contributed by atoms with E-state index in [4.69, 9.17) is 10.5 Å². The van der Waals surface area contributed by atoms with E-state index in [-0.39, 0.29) is 11.6 Å². The zero-order valence-corrected chi connectivity index (χ0v) is 12.0. The highest BCUT2D eigenvalue weighted by Gasteiger charge is 2.10. The van der Waals surface area contributed by atoms with Gasteiger partial charge in [0.25, 0.3) is 0 Å². The minimum Gasteiger partial charge on any atom is -0.489 e. The molecular weight excluding hydrogens is 224 g/mol. The monoisotopic (exact) mass is 250 g/mol. The van der Waals surface area contributed by atoms with Crippen molar-refractivity contribution in [2.24, 2.45) is 5.73 Å². The molecule has 0 amide bonds. The lowest BCUT2D eigenvalue weighted by Crippen LogP contribution is -2.32. The highest BCUT2D eigenvalue weighted by Crippen LogP contribution is 2.24. The summed E-state index contributed by atoms with van der Waals surface area (Å²) in [5, 5.41) is 3.41. The van der Waals surface area contributed by atoms with Gasteiger partial charge in [-0.3, -0.25) is 0 Å². The molecule has 1 aromatic carbocycles. The Morgan fingerprint density at radius 1 is 1.28 bits per heavy atom. The van der Waals surface area contributed by atoms with Crippen LogP contribution in [0.5, 0.6) is 5.75 Å². The number of nitrogens with two attached hydrogens (primary N) is 1. The van der Waals surface area contributed by atoms with Gasteiger partial charge < -0.3 is 15.8 Å². The number of hydrogen-bond acceptors (Lipinski definition) is 3. The number of hydrogen-bond donors (Lipinski definition) is 2. The Balaban J connectivity index is 2.46. The summed E-state index contributed by atoms with van der Waals surface area (Å²) in [4.78, 5) is 0. The van der Waals surface area contributed by atoms with E-state index in [1.165, 1.54) is 0 Å². The predicted molar refractivity (Wildman–Crippen MR) is 78.2 cm³/mol. The highest BCUT2D eigenvalue weighted by atomic mass is 16.5. The first kappa shape index (κ1) is 14.8. The Labute approximate surface area is 111 Å². The zero-order chi connectivity index (χ0) is 13.6. The van der Waals surface area contributed by atoms with Gasteiger partial charge in [0.05, 0.1) is 11.8 Å². The number of para-hydroxylation sites is 2. The zero-order valence-electron chi connectivity index (χ0n) is 12.0. The van der Waals surface area contributed by atoms with E-state index in [1.54, 1.807) is 0 Å². The smallest absolute Gasteiger partial charge is 0.142 e. The molecule has 0 aliphatic carbocycles. The lowest BCUT2D eigenvalue weighted by atomic mass is 10.0. The number of ether oxygens (including phenoxy) is 1. The third kappa shape index (κ3) is 5.92. The predicted octanol–water partition coefficient (Wildman–Crippen LogP) is 3.40. The summed E-state index contributed by atoms with van der Waals surface area (Å²) in [5.41, 5.74) is 6.93. The van der Waals surface area contributed by atoms with Crippen molar-refractivity contribution in [1.82, 2.24) is 0 Å². The van der Waals surface area contributed by atoms with Crippen molar-refractivity contribution < 1.29 is 4.74 Å². The maximum atomic E-state index is 5.96. The van der Waals surface area contributed by atoms with Crippen LogP contribution >= 0.6 is 0 Å². The van der Waals surface area contributed by atoms with Gasteiger partial charge in [-0.05, 0) is 52.7 Å². The second kappa shape index (κ2) is 6.64. The average Bonchev–Trinajstić information content (AvgIpc) is 2.24. The van der Waals surface area contributed by atoms with Gasteiger partial charge in [0.1, 0.15) is 5.75 Å². The van der Waals surface area contributed by atoms with Gasteiger partial charge in [-0.15, -0.1) is 0 Å². The summed E-state index contributed by atoms with van der Waals surface area (Å²) in [6, 6.07) is 8.05. The topological polar surface area (TPSA) is 47.3 Å². The van der Waals surface area contributed by atoms with Crippen LogP contribution in [0.4, 0.5) is 5.69 Å². The Bertz CT molecular complexity index is 356. The standard InChI is InChI=1S/C15H26N2O/c1-12(2)18-14-9-6-5-8-13(14)17-11-7-10-15(3,4)16/h5-6,8-9,12,17H,7,10-11,16H2,1-4H3. The molecule has 1 aromatic rings. The van der Waals surface area contributed by atoms with Gasteiger partial charge in [0.2, 0.25) is 0 Å². The third-order valence-corrected chi connectivity index (χ3v) is 2.56. The van der Waals surface area contributed by atoms with E-state index < -0.39 is 0 Å². The SMILES string of the molecule is CC(C)Oc1ccccc1NCCCC(C)(C)N. The molecule has 0 saturated heterocycles. The summed E-state index contributed by atoms with van der Waals surface area (Å²) in [7, 11) is 0. The summed E-state index contributed by atoms with van der Waals surface area (Å²) in [6.45, 7) is 9.10. The van der Waals surface area contributed by atoms with E-state index in [9.17, 15) is 0 Å². The molecule has 3 nitrogen and oxygen atoms in total. The molecule has 0 saturated carbocycles. The highest BCUT2D eigenvalue weighted by molar-refractivity contribution is 5.56. The first-order valence-corrected chi connectivity index (χ1v) is 6.67. The number of anilines is 1. The van der Waals surface area contributed by atoms with E-state index in [2.05, 4.69) is 19.2 Å². The number of benzene rings is 1. The van der Waals surface area contributed by atoms with Gasteiger partial charge in [0, 0.05) is 12.1 Å². The Morgan fingerprint density at radius 3 is 2.56 bits per heavy atom. The van der Waals surface area contributed by atoms with Gasteiger partial charge in [-0.2, -0.15) is 0 Å².